The molecule has 1 amide bonds. The van der Waals surface area contributed by atoms with E-state index in [0.29, 0.717) is 12.8 Å². The molecule has 0 saturated carbocycles. The van der Waals surface area contributed by atoms with E-state index in [9.17, 15) is 14.3 Å². The van der Waals surface area contributed by atoms with Crippen LogP contribution < -0.4 is 10.1 Å². The van der Waals surface area contributed by atoms with Crippen molar-refractivity contribution in [2.75, 3.05) is 13.2 Å². The summed E-state index contributed by atoms with van der Waals surface area (Å²) in [6.45, 7) is 3.63. The Morgan fingerprint density at radius 3 is 2.65 bits per heavy atom. The lowest BCUT2D eigenvalue weighted by Gasteiger charge is -2.25. The topological polar surface area (TPSA) is 58.6 Å². The van der Waals surface area contributed by atoms with Crippen LogP contribution in [0.5, 0.6) is 5.75 Å². The first-order valence-electron chi connectivity index (χ1n) is 6.47. The predicted molar refractivity (Wildman–Crippen MR) is 75.4 cm³/mol. The second kappa shape index (κ2) is 7.45. The summed E-state index contributed by atoms with van der Waals surface area (Å²) in [7, 11) is 0. The van der Waals surface area contributed by atoms with Crippen molar-refractivity contribution < 1.29 is 19.0 Å². The molecule has 0 fully saturated rings. The first kappa shape index (κ1) is 16.7. The molecule has 1 aromatic rings. The Morgan fingerprint density at radius 2 is 2.10 bits per heavy atom. The number of aliphatic hydroxyl groups is 1. The molecule has 0 aliphatic rings. The molecule has 20 heavy (non-hydrogen) atoms. The molecule has 0 aliphatic heterocycles. The van der Waals surface area contributed by atoms with Gasteiger partial charge in [0, 0.05) is 6.54 Å². The van der Waals surface area contributed by atoms with Crippen LogP contribution in [-0.4, -0.2) is 29.8 Å². The largest absolute Gasteiger partial charge is 0.482 e. The van der Waals surface area contributed by atoms with Gasteiger partial charge in [-0.1, -0.05) is 25.4 Å². The number of benzene rings is 1. The third-order valence-electron chi connectivity index (χ3n) is 3.18. The van der Waals surface area contributed by atoms with E-state index in [1.54, 1.807) is 0 Å². The summed E-state index contributed by atoms with van der Waals surface area (Å²) in [5.41, 5.74) is -0.900. The molecule has 4 nitrogen and oxygen atoms in total. The summed E-state index contributed by atoms with van der Waals surface area (Å²) < 4.78 is 18.0. The molecule has 0 unspecified atom stereocenters. The number of hydrogen-bond donors (Lipinski definition) is 2. The Balaban J connectivity index is 2.44. The number of ether oxygens (including phenoxy) is 1. The number of amides is 1. The van der Waals surface area contributed by atoms with Crippen molar-refractivity contribution in [3.63, 3.8) is 0 Å². The number of nitrogens with one attached hydrogen (secondary N) is 1. The lowest BCUT2D eigenvalue weighted by Crippen LogP contribution is -2.43. The standard InChI is InChI=1S/C14H19ClFNO3/c1-3-14(19,4-2)9-17-13(18)8-20-12-6-5-10(16)7-11(12)15/h5-7,19H,3-4,8-9H2,1-2H3,(H,17,18). The summed E-state index contributed by atoms with van der Waals surface area (Å²) in [5, 5.41) is 12.7. The van der Waals surface area contributed by atoms with Crippen LogP contribution in [0.3, 0.4) is 0 Å². The van der Waals surface area contributed by atoms with Gasteiger partial charge in [-0.15, -0.1) is 0 Å². The monoisotopic (exact) mass is 303 g/mol. The average molecular weight is 304 g/mol. The zero-order valence-electron chi connectivity index (χ0n) is 11.6. The minimum atomic E-state index is -0.900. The van der Waals surface area contributed by atoms with Gasteiger partial charge in [0.05, 0.1) is 10.6 Å². The Hall–Kier alpha value is -1.33. The van der Waals surface area contributed by atoms with Crippen molar-refractivity contribution in [2.24, 2.45) is 0 Å². The summed E-state index contributed by atoms with van der Waals surface area (Å²) in [4.78, 5) is 11.6. The van der Waals surface area contributed by atoms with E-state index >= 15 is 0 Å². The predicted octanol–water partition coefficient (Wildman–Crippen LogP) is 2.53. The SMILES string of the molecule is CCC(O)(CC)CNC(=O)COc1ccc(F)cc1Cl. The highest BCUT2D eigenvalue weighted by Gasteiger charge is 2.22. The third kappa shape index (κ3) is 4.98. The van der Waals surface area contributed by atoms with Crippen LogP contribution in [0.4, 0.5) is 4.39 Å². The zero-order chi connectivity index (χ0) is 15.2. The highest BCUT2D eigenvalue weighted by atomic mass is 35.5. The van der Waals surface area contributed by atoms with E-state index in [-0.39, 0.29) is 29.8 Å². The molecule has 1 rings (SSSR count). The maximum atomic E-state index is 12.8. The molecule has 0 atom stereocenters. The number of halogens is 2. The highest BCUT2D eigenvalue weighted by Crippen LogP contribution is 2.24. The van der Waals surface area contributed by atoms with Crippen molar-refractivity contribution >= 4 is 17.5 Å². The van der Waals surface area contributed by atoms with Crippen molar-refractivity contribution in [2.45, 2.75) is 32.3 Å². The Bertz CT molecular complexity index is 464. The van der Waals surface area contributed by atoms with Crippen LogP contribution in [0.15, 0.2) is 18.2 Å². The van der Waals surface area contributed by atoms with E-state index in [1.807, 2.05) is 13.8 Å². The van der Waals surface area contributed by atoms with Gasteiger partial charge >= 0.3 is 0 Å². The average Bonchev–Trinajstić information content (AvgIpc) is 2.44. The number of rotatable bonds is 7. The smallest absolute Gasteiger partial charge is 0.258 e. The lowest BCUT2D eigenvalue weighted by atomic mass is 9.98. The molecular weight excluding hydrogens is 285 g/mol. The summed E-state index contributed by atoms with van der Waals surface area (Å²) in [6, 6.07) is 3.67. The molecule has 1 aromatic carbocycles. The number of carbonyl (C=O) groups excluding carboxylic acids is 1. The summed E-state index contributed by atoms with van der Waals surface area (Å²) in [6.07, 6.45) is 1.10. The van der Waals surface area contributed by atoms with Gasteiger partial charge in [0.15, 0.2) is 6.61 Å². The fraction of sp³-hybridized carbons (Fsp3) is 0.500. The maximum Gasteiger partial charge on any atom is 0.258 e. The molecule has 0 heterocycles. The number of hydrogen-bond acceptors (Lipinski definition) is 3. The van der Waals surface area contributed by atoms with Gasteiger partial charge < -0.3 is 15.2 Å². The van der Waals surface area contributed by atoms with Gasteiger partial charge in [0.1, 0.15) is 11.6 Å². The van der Waals surface area contributed by atoms with Crippen LogP contribution in [0.25, 0.3) is 0 Å². The van der Waals surface area contributed by atoms with Crippen LogP contribution in [0.2, 0.25) is 5.02 Å². The quantitative estimate of drug-likeness (QED) is 0.814. The van der Waals surface area contributed by atoms with E-state index in [1.165, 1.54) is 12.1 Å². The minimum absolute atomic E-state index is 0.108. The molecule has 0 bridgehead atoms. The van der Waals surface area contributed by atoms with Crippen molar-refractivity contribution in [3.05, 3.63) is 29.0 Å². The number of carbonyl (C=O) groups is 1. The fourth-order valence-corrected chi connectivity index (χ4v) is 1.77. The van der Waals surface area contributed by atoms with Crippen LogP contribution in [0.1, 0.15) is 26.7 Å². The van der Waals surface area contributed by atoms with Crippen molar-refractivity contribution in [1.82, 2.24) is 5.32 Å². The Kier molecular flexibility index (Phi) is 6.23. The molecule has 6 heteroatoms. The van der Waals surface area contributed by atoms with E-state index in [4.69, 9.17) is 16.3 Å². The first-order chi connectivity index (χ1) is 9.40. The molecule has 0 spiro atoms. The minimum Gasteiger partial charge on any atom is -0.482 e. The normalized spacial score (nSPS) is 11.2. The van der Waals surface area contributed by atoms with E-state index in [2.05, 4.69) is 5.32 Å². The van der Waals surface area contributed by atoms with E-state index in [0.717, 1.165) is 6.07 Å². The van der Waals surface area contributed by atoms with E-state index < -0.39 is 11.4 Å². The van der Waals surface area contributed by atoms with Gasteiger partial charge in [0.25, 0.3) is 5.91 Å². The molecule has 0 aliphatic carbocycles. The molecule has 0 saturated heterocycles. The van der Waals surface area contributed by atoms with Crippen molar-refractivity contribution in [3.8, 4) is 5.75 Å². The van der Waals surface area contributed by atoms with Gasteiger partial charge in [-0.05, 0) is 31.0 Å². The molecular formula is C14H19ClFNO3. The Morgan fingerprint density at radius 1 is 1.45 bits per heavy atom. The maximum absolute atomic E-state index is 12.8. The third-order valence-corrected chi connectivity index (χ3v) is 3.48. The first-order valence-corrected chi connectivity index (χ1v) is 6.85. The highest BCUT2D eigenvalue weighted by molar-refractivity contribution is 6.32. The van der Waals surface area contributed by atoms with Gasteiger partial charge in [-0.25, -0.2) is 4.39 Å². The Labute approximate surface area is 122 Å². The van der Waals surface area contributed by atoms with Gasteiger partial charge in [0.2, 0.25) is 0 Å². The fourth-order valence-electron chi connectivity index (χ4n) is 1.55. The van der Waals surface area contributed by atoms with Crippen LogP contribution in [0, 0.1) is 5.82 Å². The van der Waals surface area contributed by atoms with Crippen LogP contribution >= 0.6 is 11.6 Å². The van der Waals surface area contributed by atoms with Crippen molar-refractivity contribution in [1.29, 1.82) is 0 Å². The van der Waals surface area contributed by atoms with Crippen LogP contribution in [-0.2, 0) is 4.79 Å². The zero-order valence-corrected chi connectivity index (χ0v) is 12.3. The lowest BCUT2D eigenvalue weighted by molar-refractivity contribution is -0.124. The second-order valence-corrected chi connectivity index (χ2v) is 4.98. The molecule has 0 radical (unpaired) electrons. The summed E-state index contributed by atoms with van der Waals surface area (Å²) >= 11 is 5.77. The molecule has 2 N–H and O–H groups in total. The summed E-state index contributed by atoms with van der Waals surface area (Å²) in [5.74, 6) is -0.599. The molecule has 112 valence electrons. The molecule has 0 aromatic heterocycles. The van der Waals surface area contributed by atoms with Gasteiger partial charge in [-0.3, -0.25) is 4.79 Å². The second-order valence-electron chi connectivity index (χ2n) is 4.57. The van der Waals surface area contributed by atoms with Gasteiger partial charge in [-0.2, -0.15) is 0 Å².